The summed E-state index contributed by atoms with van der Waals surface area (Å²) < 4.78 is 5.23. The minimum Gasteiger partial charge on any atom is -0.466 e. The molecule has 0 bridgehead atoms. The Morgan fingerprint density at radius 2 is 1.88 bits per heavy atom. The van der Waals surface area contributed by atoms with E-state index in [9.17, 15) is 14.4 Å². The molecule has 6 heteroatoms. The second-order valence-electron chi connectivity index (χ2n) is 8.06. The summed E-state index contributed by atoms with van der Waals surface area (Å²) in [4.78, 5) is 38.4. The molecule has 0 radical (unpaired) electrons. The maximum atomic E-state index is 13.3. The molecule has 1 rings (SSSR count). The Morgan fingerprint density at radius 1 is 1.23 bits per heavy atom. The van der Waals surface area contributed by atoms with E-state index >= 15 is 0 Å². The molecule has 6 nitrogen and oxygen atoms in total. The number of carbonyl (C=O) groups is 3. The summed E-state index contributed by atoms with van der Waals surface area (Å²) in [6.07, 6.45) is 4.32. The van der Waals surface area contributed by atoms with Gasteiger partial charge in [0.25, 0.3) is 0 Å². The van der Waals surface area contributed by atoms with Gasteiger partial charge in [0.15, 0.2) is 0 Å². The van der Waals surface area contributed by atoms with Crippen LogP contribution in [0.25, 0.3) is 0 Å². The van der Waals surface area contributed by atoms with Crippen LogP contribution >= 0.6 is 0 Å². The molecule has 0 aliphatic heterocycles. The van der Waals surface area contributed by atoms with Crippen molar-refractivity contribution in [2.24, 2.45) is 11.8 Å². The topological polar surface area (TPSA) is 84.5 Å². The first-order valence-corrected chi connectivity index (χ1v) is 9.52. The molecule has 1 aliphatic rings. The molecule has 3 unspecified atom stereocenters. The Hall–Kier alpha value is -1.85. The van der Waals surface area contributed by atoms with E-state index in [0.717, 1.165) is 6.42 Å². The van der Waals surface area contributed by atoms with Gasteiger partial charge in [-0.05, 0) is 59.3 Å². The quantitative estimate of drug-likeness (QED) is 0.536. The fourth-order valence-electron chi connectivity index (χ4n) is 3.48. The van der Waals surface area contributed by atoms with Crippen LogP contribution in [-0.4, -0.2) is 35.5 Å². The molecule has 0 aromatic carbocycles. The van der Waals surface area contributed by atoms with Gasteiger partial charge in [0.1, 0.15) is 5.54 Å². The van der Waals surface area contributed by atoms with Gasteiger partial charge in [-0.15, -0.1) is 6.58 Å². The van der Waals surface area contributed by atoms with Gasteiger partial charge in [-0.1, -0.05) is 13.0 Å². The number of amides is 2. The minimum atomic E-state index is -1.32. The van der Waals surface area contributed by atoms with E-state index in [4.69, 9.17) is 4.74 Å². The smallest absolute Gasteiger partial charge is 0.311 e. The average molecular weight is 367 g/mol. The van der Waals surface area contributed by atoms with Crippen molar-refractivity contribution < 1.29 is 19.1 Å². The minimum absolute atomic E-state index is 0.0494. The third-order valence-electron chi connectivity index (χ3n) is 4.64. The number of nitrogens with one attached hydrogen (secondary N) is 2. The Labute approximate surface area is 157 Å². The first kappa shape index (κ1) is 22.2. The largest absolute Gasteiger partial charge is 0.466 e. The van der Waals surface area contributed by atoms with E-state index in [1.807, 2.05) is 27.7 Å². The molecule has 2 N–H and O–H groups in total. The fraction of sp³-hybridized carbons (Fsp3) is 0.750. The first-order chi connectivity index (χ1) is 12.1. The van der Waals surface area contributed by atoms with Crippen LogP contribution < -0.4 is 10.6 Å². The van der Waals surface area contributed by atoms with Crippen LogP contribution in [-0.2, 0) is 19.1 Å². The molecule has 0 saturated heterocycles. The lowest BCUT2D eigenvalue weighted by molar-refractivity contribution is -0.159. The van der Waals surface area contributed by atoms with Crippen molar-refractivity contribution in [3.05, 3.63) is 12.7 Å². The van der Waals surface area contributed by atoms with Crippen LogP contribution in [0.1, 0.15) is 66.7 Å². The molecular formula is C20H34N2O4. The predicted molar refractivity (Wildman–Crippen MR) is 101 cm³/mol. The van der Waals surface area contributed by atoms with Crippen molar-refractivity contribution in [1.82, 2.24) is 10.6 Å². The van der Waals surface area contributed by atoms with Gasteiger partial charge in [0, 0.05) is 12.0 Å². The third-order valence-corrected chi connectivity index (χ3v) is 4.64. The molecule has 1 fully saturated rings. The lowest BCUT2D eigenvalue weighted by Crippen LogP contribution is -2.68. The third kappa shape index (κ3) is 5.58. The van der Waals surface area contributed by atoms with Crippen molar-refractivity contribution >= 4 is 17.8 Å². The summed E-state index contributed by atoms with van der Waals surface area (Å²) in [5.74, 6) is -1.65. The number of hydrogen-bond donors (Lipinski definition) is 2. The first-order valence-electron chi connectivity index (χ1n) is 9.52. The Kier molecular flexibility index (Phi) is 7.85. The summed E-state index contributed by atoms with van der Waals surface area (Å²) >= 11 is 0. The van der Waals surface area contributed by atoms with Gasteiger partial charge in [-0.25, -0.2) is 0 Å². The number of esters is 1. The molecule has 0 aromatic heterocycles. The van der Waals surface area contributed by atoms with Crippen LogP contribution in [0.3, 0.4) is 0 Å². The van der Waals surface area contributed by atoms with Gasteiger partial charge < -0.3 is 15.4 Å². The molecule has 1 saturated carbocycles. The standard InChI is InChI=1S/C20H34N2O4/c1-7-10-16(23)21-20(18(25)22-19(4,5)6)13-14(8-2)11-12-15(20)17(24)26-9-3/h8,14-15H,2,7,9-13H2,1,3-6H3,(H,21,23)(H,22,25). The highest BCUT2D eigenvalue weighted by molar-refractivity contribution is 5.96. The highest BCUT2D eigenvalue weighted by atomic mass is 16.5. The van der Waals surface area contributed by atoms with Crippen molar-refractivity contribution in [3.8, 4) is 0 Å². The Morgan fingerprint density at radius 3 is 2.38 bits per heavy atom. The van der Waals surface area contributed by atoms with Crippen molar-refractivity contribution in [1.29, 1.82) is 0 Å². The van der Waals surface area contributed by atoms with Gasteiger partial charge >= 0.3 is 5.97 Å². The van der Waals surface area contributed by atoms with Crippen LogP contribution in [0, 0.1) is 11.8 Å². The number of ether oxygens (including phenoxy) is 1. The van der Waals surface area contributed by atoms with Crippen LogP contribution in [0.2, 0.25) is 0 Å². The van der Waals surface area contributed by atoms with E-state index in [-0.39, 0.29) is 24.3 Å². The maximum Gasteiger partial charge on any atom is 0.311 e. The fourth-order valence-corrected chi connectivity index (χ4v) is 3.48. The normalized spacial score (nSPS) is 25.9. The zero-order chi connectivity index (χ0) is 20.0. The molecule has 0 heterocycles. The lowest BCUT2D eigenvalue weighted by atomic mass is 9.67. The lowest BCUT2D eigenvalue weighted by Gasteiger charge is -2.45. The zero-order valence-corrected chi connectivity index (χ0v) is 16.8. The molecule has 3 atom stereocenters. The van der Waals surface area contributed by atoms with Gasteiger partial charge in [0.05, 0.1) is 12.5 Å². The Balaban J connectivity index is 3.34. The van der Waals surface area contributed by atoms with E-state index in [0.29, 0.717) is 25.7 Å². The van der Waals surface area contributed by atoms with Crippen LogP contribution in [0.4, 0.5) is 0 Å². The molecule has 148 valence electrons. The highest BCUT2D eigenvalue weighted by Gasteiger charge is 2.54. The van der Waals surface area contributed by atoms with Gasteiger partial charge in [-0.2, -0.15) is 0 Å². The van der Waals surface area contributed by atoms with Crippen LogP contribution in [0.5, 0.6) is 0 Å². The predicted octanol–water partition coefficient (Wildman–Crippen LogP) is 2.72. The molecule has 26 heavy (non-hydrogen) atoms. The average Bonchev–Trinajstić information content (AvgIpc) is 2.53. The molecule has 2 amide bonds. The van der Waals surface area contributed by atoms with Gasteiger partial charge in [0.2, 0.25) is 11.8 Å². The van der Waals surface area contributed by atoms with Crippen molar-refractivity contribution in [3.63, 3.8) is 0 Å². The van der Waals surface area contributed by atoms with E-state index in [2.05, 4.69) is 17.2 Å². The number of allylic oxidation sites excluding steroid dienone is 1. The summed E-state index contributed by atoms with van der Waals surface area (Å²) in [6.45, 7) is 13.3. The highest BCUT2D eigenvalue weighted by Crippen LogP contribution is 2.39. The molecule has 0 aromatic rings. The van der Waals surface area contributed by atoms with Crippen molar-refractivity contribution in [2.75, 3.05) is 6.61 Å². The van der Waals surface area contributed by atoms with Crippen molar-refractivity contribution in [2.45, 2.75) is 77.8 Å². The second-order valence-corrected chi connectivity index (χ2v) is 8.06. The summed E-state index contributed by atoms with van der Waals surface area (Å²) in [7, 11) is 0. The molecule has 1 aliphatic carbocycles. The van der Waals surface area contributed by atoms with Crippen LogP contribution in [0.15, 0.2) is 12.7 Å². The number of hydrogen-bond acceptors (Lipinski definition) is 4. The summed E-state index contributed by atoms with van der Waals surface area (Å²) in [5, 5.41) is 5.86. The van der Waals surface area contributed by atoms with E-state index in [1.165, 1.54) is 0 Å². The SMILES string of the molecule is C=CC1CCC(C(=O)OCC)C(NC(=O)CCC)(C(=O)NC(C)(C)C)C1. The monoisotopic (exact) mass is 366 g/mol. The van der Waals surface area contributed by atoms with E-state index < -0.39 is 23.0 Å². The second kappa shape index (κ2) is 9.19. The molecular weight excluding hydrogens is 332 g/mol. The molecule has 0 spiro atoms. The summed E-state index contributed by atoms with van der Waals surface area (Å²) in [6, 6.07) is 0. The van der Waals surface area contributed by atoms with E-state index in [1.54, 1.807) is 13.0 Å². The maximum absolute atomic E-state index is 13.3. The number of carbonyl (C=O) groups excluding carboxylic acids is 3. The zero-order valence-electron chi connectivity index (χ0n) is 16.8. The van der Waals surface area contributed by atoms with Gasteiger partial charge in [-0.3, -0.25) is 14.4 Å². The Bertz CT molecular complexity index is 538. The summed E-state index contributed by atoms with van der Waals surface area (Å²) in [5.41, 5.74) is -1.80. The number of rotatable bonds is 7.